The summed E-state index contributed by atoms with van der Waals surface area (Å²) in [7, 11) is 0. The Kier molecular flexibility index (Phi) is 4.61. The summed E-state index contributed by atoms with van der Waals surface area (Å²) in [6.07, 6.45) is 0.196. The van der Waals surface area contributed by atoms with Crippen LogP contribution in [0.2, 0.25) is 0 Å². The fourth-order valence-corrected chi connectivity index (χ4v) is 4.12. The fourth-order valence-electron chi connectivity index (χ4n) is 2.62. The first-order valence-corrected chi connectivity index (χ1v) is 8.03. The number of aromatic amines is 1. The van der Waals surface area contributed by atoms with E-state index in [-0.39, 0.29) is 23.6 Å². The van der Waals surface area contributed by atoms with E-state index in [1.54, 1.807) is 16.7 Å². The van der Waals surface area contributed by atoms with Gasteiger partial charge < -0.3 is 10.0 Å². The van der Waals surface area contributed by atoms with E-state index >= 15 is 0 Å². The Morgan fingerprint density at radius 3 is 2.62 bits per heavy atom. The molecule has 1 amide bonds. The van der Waals surface area contributed by atoms with Crippen molar-refractivity contribution in [3.8, 4) is 0 Å². The van der Waals surface area contributed by atoms with Crippen LogP contribution in [0, 0.1) is 19.8 Å². The first-order chi connectivity index (χ1) is 9.82. The van der Waals surface area contributed by atoms with Crippen molar-refractivity contribution in [3.63, 3.8) is 0 Å². The topological polar surface area (TPSA) is 86.3 Å². The third kappa shape index (κ3) is 3.07. The normalized spacial score (nSPS) is 22.0. The number of aliphatic carboxylic acids is 1. The number of nitrogens with one attached hydrogen (secondary N) is 1. The zero-order valence-corrected chi connectivity index (χ0v) is 13.5. The van der Waals surface area contributed by atoms with E-state index in [0.717, 1.165) is 17.0 Å². The molecule has 1 aromatic heterocycles. The summed E-state index contributed by atoms with van der Waals surface area (Å²) in [5, 5.41) is 16.2. The number of carboxylic acid groups (broad SMARTS) is 1. The van der Waals surface area contributed by atoms with Crippen LogP contribution >= 0.6 is 11.8 Å². The molecular weight excluding hydrogens is 290 g/mol. The average molecular weight is 311 g/mol. The summed E-state index contributed by atoms with van der Waals surface area (Å²) in [6, 6.07) is -0.734. The van der Waals surface area contributed by atoms with Crippen molar-refractivity contribution in [1.82, 2.24) is 15.1 Å². The maximum Gasteiger partial charge on any atom is 0.327 e. The molecule has 6 nitrogen and oxygen atoms in total. The molecule has 21 heavy (non-hydrogen) atoms. The van der Waals surface area contributed by atoms with Crippen molar-refractivity contribution >= 4 is 23.6 Å². The molecule has 0 aliphatic carbocycles. The number of thioether (sulfide) groups is 1. The highest BCUT2D eigenvalue weighted by molar-refractivity contribution is 8.00. The van der Waals surface area contributed by atoms with Crippen molar-refractivity contribution in [2.75, 3.05) is 5.75 Å². The van der Waals surface area contributed by atoms with E-state index in [2.05, 4.69) is 10.2 Å². The van der Waals surface area contributed by atoms with Crippen LogP contribution in [0.4, 0.5) is 0 Å². The molecular formula is C14H21N3O3S. The SMILES string of the molecule is Cc1n[nH]c(C)c1CC(=O)N1C(C(=O)O)CSC1C(C)C. The summed E-state index contributed by atoms with van der Waals surface area (Å²) in [5.74, 6) is -0.402. The molecule has 7 heteroatoms. The van der Waals surface area contributed by atoms with Gasteiger partial charge in [0.25, 0.3) is 0 Å². The van der Waals surface area contributed by atoms with Gasteiger partial charge in [-0.15, -0.1) is 11.8 Å². The average Bonchev–Trinajstić information content (AvgIpc) is 2.97. The number of carbonyl (C=O) groups excluding carboxylic acids is 1. The predicted octanol–water partition coefficient (Wildman–Crippen LogP) is 1.58. The van der Waals surface area contributed by atoms with Crippen LogP contribution in [0.1, 0.15) is 30.8 Å². The molecule has 0 spiro atoms. The Labute approximate surface area is 128 Å². The molecule has 2 unspecified atom stereocenters. The van der Waals surface area contributed by atoms with E-state index in [0.29, 0.717) is 5.75 Å². The molecule has 1 fully saturated rings. The van der Waals surface area contributed by atoms with E-state index in [1.807, 2.05) is 27.7 Å². The Morgan fingerprint density at radius 2 is 2.14 bits per heavy atom. The molecule has 2 rings (SSSR count). The molecule has 1 aliphatic heterocycles. The molecule has 0 bridgehead atoms. The monoisotopic (exact) mass is 311 g/mol. The summed E-state index contributed by atoms with van der Waals surface area (Å²) >= 11 is 1.55. The maximum atomic E-state index is 12.7. The van der Waals surface area contributed by atoms with Crippen LogP contribution in [0.5, 0.6) is 0 Å². The zero-order chi connectivity index (χ0) is 15.7. The molecule has 1 saturated heterocycles. The number of H-pyrrole nitrogens is 1. The van der Waals surface area contributed by atoms with Crippen molar-refractivity contribution in [2.45, 2.75) is 45.5 Å². The Morgan fingerprint density at radius 1 is 1.48 bits per heavy atom. The van der Waals surface area contributed by atoms with Gasteiger partial charge in [-0.05, 0) is 19.8 Å². The minimum atomic E-state index is -0.931. The minimum Gasteiger partial charge on any atom is -0.480 e. The smallest absolute Gasteiger partial charge is 0.327 e. The second kappa shape index (κ2) is 6.09. The predicted molar refractivity (Wildman–Crippen MR) is 81.1 cm³/mol. The molecule has 0 saturated carbocycles. The maximum absolute atomic E-state index is 12.7. The van der Waals surface area contributed by atoms with Gasteiger partial charge in [-0.2, -0.15) is 5.10 Å². The third-order valence-corrected chi connectivity index (χ3v) is 5.41. The molecule has 2 heterocycles. The number of aromatic nitrogens is 2. The van der Waals surface area contributed by atoms with Gasteiger partial charge in [0.1, 0.15) is 6.04 Å². The van der Waals surface area contributed by atoms with Crippen LogP contribution < -0.4 is 0 Å². The van der Waals surface area contributed by atoms with E-state index in [1.165, 1.54) is 0 Å². The highest BCUT2D eigenvalue weighted by atomic mass is 32.2. The highest BCUT2D eigenvalue weighted by Crippen LogP contribution is 2.34. The Balaban J connectivity index is 2.23. The molecule has 0 aromatic carbocycles. The van der Waals surface area contributed by atoms with Gasteiger partial charge in [0.2, 0.25) is 5.91 Å². The van der Waals surface area contributed by atoms with Gasteiger partial charge in [0, 0.05) is 17.0 Å². The van der Waals surface area contributed by atoms with Crippen molar-refractivity contribution < 1.29 is 14.7 Å². The highest BCUT2D eigenvalue weighted by Gasteiger charge is 2.42. The lowest BCUT2D eigenvalue weighted by Gasteiger charge is -2.29. The molecule has 1 aromatic rings. The number of rotatable bonds is 4. The van der Waals surface area contributed by atoms with Gasteiger partial charge in [-0.1, -0.05) is 13.8 Å². The zero-order valence-electron chi connectivity index (χ0n) is 12.7. The molecule has 0 radical (unpaired) electrons. The van der Waals surface area contributed by atoms with Gasteiger partial charge in [0.15, 0.2) is 0 Å². The number of nitrogens with zero attached hydrogens (tertiary/aromatic N) is 2. The number of hydrogen-bond acceptors (Lipinski definition) is 4. The number of amides is 1. The van der Waals surface area contributed by atoms with Crippen LogP contribution in [-0.4, -0.2) is 49.2 Å². The molecule has 2 atom stereocenters. The van der Waals surface area contributed by atoms with Gasteiger partial charge in [-0.3, -0.25) is 9.89 Å². The summed E-state index contributed by atoms with van der Waals surface area (Å²) < 4.78 is 0. The molecule has 2 N–H and O–H groups in total. The standard InChI is InChI=1S/C14H21N3O3S/c1-7(2)13-17(11(6-21-13)14(19)20)12(18)5-10-8(3)15-16-9(10)4/h7,11,13H,5-6H2,1-4H3,(H,15,16)(H,19,20). The second-order valence-electron chi connectivity index (χ2n) is 5.71. The van der Waals surface area contributed by atoms with Crippen LogP contribution in [0.25, 0.3) is 0 Å². The van der Waals surface area contributed by atoms with E-state index in [4.69, 9.17) is 0 Å². The lowest BCUT2D eigenvalue weighted by Crippen LogP contribution is -2.47. The van der Waals surface area contributed by atoms with E-state index in [9.17, 15) is 14.7 Å². The number of carbonyl (C=O) groups is 2. The largest absolute Gasteiger partial charge is 0.480 e. The lowest BCUT2D eigenvalue weighted by molar-refractivity contribution is -0.149. The number of carboxylic acids is 1. The van der Waals surface area contributed by atoms with E-state index < -0.39 is 12.0 Å². The van der Waals surface area contributed by atoms with Gasteiger partial charge in [0.05, 0.1) is 17.5 Å². The first kappa shape index (κ1) is 15.9. The van der Waals surface area contributed by atoms with Gasteiger partial charge in [-0.25, -0.2) is 4.79 Å². The fraction of sp³-hybridized carbons (Fsp3) is 0.643. The van der Waals surface area contributed by atoms with Crippen molar-refractivity contribution in [3.05, 3.63) is 17.0 Å². The third-order valence-electron chi connectivity index (χ3n) is 3.79. The van der Waals surface area contributed by atoms with Gasteiger partial charge >= 0.3 is 5.97 Å². The van der Waals surface area contributed by atoms with Crippen LogP contribution in [-0.2, 0) is 16.0 Å². The summed E-state index contributed by atoms with van der Waals surface area (Å²) in [4.78, 5) is 25.6. The number of hydrogen-bond donors (Lipinski definition) is 2. The molecule has 116 valence electrons. The Bertz CT molecular complexity index is 536. The minimum absolute atomic E-state index is 0.0777. The van der Waals surface area contributed by atoms with Crippen molar-refractivity contribution in [2.24, 2.45) is 5.92 Å². The lowest BCUT2D eigenvalue weighted by atomic mass is 10.1. The van der Waals surface area contributed by atoms with Crippen LogP contribution in [0.15, 0.2) is 0 Å². The second-order valence-corrected chi connectivity index (χ2v) is 6.86. The summed E-state index contributed by atoms with van der Waals surface area (Å²) in [6.45, 7) is 7.74. The number of aryl methyl sites for hydroxylation is 2. The summed E-state index contributed by atoms with van der Waals surface area (Å²) in [5.41, 5.74) is 2.52. The first-order valence-electron chi connectivity index (χ1n) is 6.99. The quantitative estimate of drug-likeness (QED) is 0.881. The van der Waals surface area contributed by atoms with Crippen molar-refractivity contribution in [1.29, 1.82) is 0 Å². The van der Waals surface area contributed by atoms with Crippen LogP contribution in [0.3, 0.4) is 0 Å². The Hall–Kier alpha value is -1.50. The molecule has 1 aliphatic rings.